The van der Waals surface area contributed by atoms with Gasteiger partial charge in [0.1, 0.15) is 12.6 Å². The molecular weight excluding hydrogens is 416 g/mol. The van der Waals surface area contributed by atoms with Crippen LogP contribution >= 0.6 is 0 Å². The summed E-state index contributed by atoms with van der Waals surface area (Å²) < 4.78 is 5.55. The van der Waals surface area contributed by atoms with E-state index < -0.39 is 24.0 Å². The summed E-state index contributed by atoms with van der Waals surface area (Å²) in [4.78, 5) is 27.8. The third kappa shape index (κ3) is 3.74. The minimum atomic E-state index is -1.13. The van der Waals surface area contributed by atoms with Gasteiger partial charge in [-0.15, -0.1) is 0 Å². The molecule has 3 aromatic carbocycles. The van der Waals surface area contributed by atoms with E-state index in [2.05, 4.69) is 22.4 Å². The predicted molar refractivity (Wildman–Crippen MR) is 126 cm³/mol. The molecule has 2 atom stereocenters. The zero-order chi connectivity index (χ0) is 22.9. The molecule has 166 valence electrons. The summed E-state index contributed by atoms with van der Waals surface area (Å²) in [6, 6.07) is 22.7. The molecule has 0 radical (unpaired) electrons. The molecule has 1 aliphatic carbocycles. The molecule has 6 nitrogen and oxygen atoms in total. The van der Waals surface area contributed by atoms with Crippen LogP contribution < -0.4 is 5.32 Å². The van der Waals surface area contributed by atoms with Gasteiger partial charge in [0.15, 0.2) is 0 Å². The monoisotopic (exact) mass is 440 g/mol. The van der Waals surface area contributed by atoms with Crippen LogP contribution in [0.3, 0.4) is 0 Å². The quantitative estimate of drug-likeness (QED) is 0.381. The summed E-state index contributed by atoms with van der Waals surface area (Å²) >= 11 is 0. The molecule has 0 saturated heterocycles. The number of aromatic nitrogens is 1. The number of alkyl carbamates (subject to hydrolysis) is 1. The topological polar surface area (TPSA) is 91.4 Å². The maximum atomic E-state index is 12.7. The largest absolute Gasteiger partial charge is 0.480 e. The van der Waals surface area contributed by atoms with Crippen LogP contribution in [0, 0.1) is 0 Å². The van der Waals surface area contributed by atoms with E-state index in [0.717, 1.165) is 38.7 Å². The first-order valence-corrected chi connectivity index (χ1v) is 10.9. The van der Waals surface area contributed by atoms with Gasteiger partial charge in [-0.25, -0.2) is 9.59 Å². The molecular formula is C27H24N2O4. The highest BCUT2D eigenvalue weighted by Crippen LogP contribution is 2.44. The van der Waals surface area contributed by atoms with Gasteiger partial charge in [0.05, 0.1) is 0 Å². The summed E-state index contributed by atoms with van der Waals surface area (Å²) in [6.45, 7) is 1.92. The second-order valence-corrected chi connectivity index (χ2v) is 8.36. The van der Waals surface area contributed by atoms with Crippen LogP contribution in [0.15, 0.2) is 79.0 Å². The van der Waals surface area contributed by atoms with Gasteiger partial charge in [-0.05, 0) is 33.9 Å². The van der Waals surface area contributed by atoms with Crippen LogP contribution in [0.25, 0.3) is 22.0 Å². The molecule has 3 N–H and O–H groups in total. The van der Waals surface area contributed by atoms with Gasteiger partial charge in [0, 0.05) is 28.9 Å². The summed E-state index contributed by atoms with van der Waals surface area (Å²) in [5.74, 6) is -1.65. The fourth-order valence-electron chi connectivity index (χ4n) is 4.82. The van der Waals surface area contributed by atoms with Gasteiger partial charge in [-0.3, -0.25) is 0 Å². The zero-order valence-corrected chi connectivity index (χ0v) is 18.1. The molecule has 6 heteroatoms. The highest BCUT2D eigenvalue weighted by atomic mass is 16.5. The van der Waals surface area contributed by atoms with Crippen molar-refractivity contribution >= 4 is 23.0 Å². The lowest BCUT2D eigenvalue weighted by atomic mass is 9.93. The molecule has 1 aliphatic rings. The van der Waals surface area contributed by atoms with Crippen molar-refractivity contribution in [3.63, 3.8) is 0 Å². The highest BCUT2D eigenvalue weighted by Gasteiger charge is 2.32. The summed E-state index contributed by atoms with van der Waals surface area (Å²) in [7, 11) is 0. The minimum absolute atomic E-state index is 0.0857. The number of amides is 1. The van der Waals surface area contributed by atoms with Crippen LogP contribution in [-0.2, 0) is 9.53 Å². The normalized spacial score (nSPS) is 14.3. The van der Waals surface area contributed by atoms with Crippen molar-refractivity contribution in [3.05, 3.63) is 95.7 Å². The van der Waals surface area contributed by atoms with Crippen molar-refractivity contribution < 1.29 is 19.4 Å². The molecule has 0 aliphatic heterocycles. The van der Waals surface area contributed by atoms with Gasteiger partial charge < -0.3 is 20.1 Å². The Morgan fingerprint density at radius 2 is 1.58 bits per heavy atom. The molecule has 33 heavy (non-hydrogen) atoms. The van der Waals surface area contributed by atoms with Crippen LogP contribution in [0.5, 0.6) is 0 Å². The Balaban J connectivity index is 1.31. The summed E-state index contributed by atoms with van der Waals surface area (Å²) in [6.07, 6.45) is 1.06. The number of carboxylic acid groups (broad SMARTS) is 1. The molecule has 5 rings (SSSR count). The number of rotatable bonds is 6. The van der Waals surface area contributed by atoms with E-state index in [9.17, 15) is 14.7 Å². The number of carboxylic acids is 1. The number of aliphatic carboxylic acids is 1. The average Bonchev–Trinajstić information content (AvgIpc) is 3.40. The number of H-pyrrole nitrogens is 1. The summed E-state index contributed by atoms with van der Waals surface area (Å²) in [5, 5.41) is 13.3. The van der Waals surface area contributed by atoms with Crippen LogP contribution in [0.1, 0.15) is 35.4 Å². The number of para-hydroxylation sites is 1. The van der Waals surface area contributed by atoms with Gasteiger partial charge in [-0.1, -0.05) is 73.7 Å². The van der Waals surface area contributed by atoms with Gasteiger partial charge in [0.25, 0.3) is 0 Å². The van der Waals surface area contributed by atoms with E-state index in [1.54, 1.807) is 13.1 Å². The lowest BCUT2D eigenvalue weighted by Crippen LogP contribution is -2.44. The number of hydrogen-bond acceptors (Lipinski definition) is 3. The van der Waals surface area contributed by atoms with E-state index in [1.807, 2.05) is 60.7 Å². The highest BCUT2D eigenvalue weighted by molar-refractivity contribution is 5.86. The van der Waals surface area contributed by atoms with Crippen molar-refractivity contribution in [2.75, 3.05) is 6.61 Å². The fourth-order valence-corrected chi connectivity index (χ4v) is 4.82. The Morgan fingerprint density at radius 3 is 2.24 bits per heavy atom. The Labute approximate surface area is 191 Å². The average molecular weight is 440 g/mol. The molecule has 1 amide bonds. The number of carbonyl (C=O) groups is 2. The van der Waals surface area contributed by atoms with Crippen molar-refractivity contribution in [1.82, 2.24) is 10.3 Å². The molecule has 1 heterocycles. The Morgan fingerprint density at radius 1 is 0.970 bits per heavy atom. The van der Waals surface area contributed by atoms with Crippen LogP contribution in [0.2, 0.25) is 0 Å². The van der Waals surface area contributed by atoms with Crippen molar-refractivity contribution in [3.8, 4) is 11.1 Å². The number of benzene rings is 3. The molecule has 0 saturated carbocycles. The smallest absolute Gasteiger partial charge is 0.407 e. The van der Waals surface area contributed by atoms with Crippen molar-refractivity contribution in [1.29, 1.82) is 0 Å². The summed E-state index contributed by atoms with van der Waals surface area (Å²) in [5.41, 5.74) is 6.24. The number of ether oxygens (including phenoxy) is 1. The Kier molecular flexibility index (Phi) is 5.34. The SMILES string of the molecule is CC(c1c[nH]c2ccccc12)[C@H](NC(=O)OCC1c2ccccc2-c2ccccc21)C(=O)O. The Hall–Kier alpha value is -4.06. The molecule has 0 spiro atoms. The van der Waals surface area contributed by atoms with Crippen molar-refractivity contribution in [2.45, 2.75) is 24.8 Å². The molecule has 4 aromatic rings. The van der Waals surface area contributed by atoms with E-state index in [-0.39, 0.29) is 12.5 Å². The number of aromatic amines is 1. The number of hydrogen-bond donors (Lipinski definition) is 3. The lowest BCUT2D eigenvalue weighted by molar-refractivity contribution is -0.139. The molecule has 0 bridgehead atoms. The molecule has 1 unspecified atom stereocenters. The van der Waals surface area contributed by atoms with Crippen LogP contribution in [-0.4, -0.2) is 34.8 Å². The van der Waals surface area contributed by atoms with Gasteiger partial charge in [-0.2, -0.15) is 0 Å². The second-order valence-electron chi connectivity index (χ2n) is 8.36. The van der Waals surface area contributed by atoms with Gasteiger partial charge in [0.2, 0.25) is 0 Å². The standard InChI is InChI=1S/C27H24N2O4/c1-16(22-14-28-24-13-7-6-12-21(22)24)25(26(30)31)29-27(32)33-15-23-19-10-4-2-8-17(19)18-9-3-5-11-20(18)23/h2-14,16,23,25,28H,15H2,1H3,(H,29,32)(H,30,31)/t16?,25-/m0/s1. The fraction of sp³-hybridized carbons (Fsp3) is 0.185. The van der Waals surface area contributed by atoms with E-state index in [4.69, 9.17) is 4.74 Å². The third-order valence-electron chi connectivity index (χ3n) is 6.49. The third-order valence-corrected chi connectivity index (χ3v) is 6.49. The number of carbonyl (C=O) groups excluding carboxylic acids is 1. The number of nitrogens with one attached hydrogen (secondary N) is 2. The van der Waals surface area contributed by atoms with Crippen LogP contribution in [0.4, 0.5) is 4.79 Å². The van der Waals surface area contributed by atoms with Crippen molar-refractivity contribution in [2.24, 2.45) is 0 Å². The van der Waals surface area contributed by atoms with E-state index >= 15 is 0 Å². The zero-order valence-electron chi connectivity index (χ0n) is 18.1. The minimum Gasteiger partial charge on any atom is -0.480 e. The molecule has 0 fully saturated rings. The number of fused-ring (bicyclic) bond motifs is 4. The maximum absolute atomic E-state index is 12.7. The first-order valence-electron chi connectivity index (χ1n) is 10.9. The van der Waals surface area contributed by atoms with E-state index in [0.29, 0.717) is 0 Å². The van der Waals surface area contributed by atoms with E-state index in [1.165, 1.54) is 0 Å². The van der Waals surface area contributed by atoms with Gasteiger partial charge >= 0.3 is 12.1 Å². The second kappa shape index (κ2) is 8.47. The Bertz CT molecular complexity index is 1300. The first-order chi connectivity index (χ1) is 16.0. The molecule has 1 aromatic heterocycles. The predicted octanol–water partition coefficient (Wildman–Crippen LogP) is 5.26. The first kappa shape index (κ1) is 20.8. The lowest BCUT2D eigenvalue weighted by Gasteiger charge is -2.22. The maximum Gasteiger partial charge on any atom is 0.407 e.